The molecule has 4 nitrogen and oxygen atoms in total. The van der Waals surface area contributed by atoms with Crippen LogP contribution in [0.5, 0.6) is 0 Å². The molecule has 0 aliphatic rings. The van der Waals surface area contributed by atoms with Gasteiger partial charge in [0.05, 0.1) is 0 Å². The zero-order valence-corrected chi connectivity index (χ0v) is 10.5. The van der Waals surface area contributed by atoms with Gasteiger partial charge in [-0.1, -0.05) is 0 Å². The summed E-state index contributed by atoms with van der Waals surface area (Å²) >= 11 is 0. The molecule has 0 aromatic rings. The molecule has 0 bridgehead atoms. The standard InChI is InChI=1S/2C2H4O2.Mg.Zn.2H/c2*1-2(3)4;;;;/h2*1H3,(H,3,4);;;;/q;;+2;;2*-1. The fourth-order valence-electron chi connectivity index (χ4n) is 0. The number of carbonyl (C=O) groups is 2. The third kappa shape index (κ3) is 4120. The minimum Gasteiger partial charge on any atom is -1.00 e. The Labute approximate surface area is 90.9 Å². The van der Waals surface area contributed by atoms with Gasteiger partial charge in [0.15, 0.2) is 0 Å². The van der Waals surface area contributed by atoms with Crippen molar-refractivity contribution in [3.8, 4) is 0 Å². The summed E-state index contributed by atoms with van der Waals surface area (Å²) in [6.07, 6.45) is 0. The Balaban J connectivity index is -0.0000000112. The van der Waals surface area contributed by atoms with Crippen molar-refractivity contribution in [2.75, 3.05) is 0 Å². The molecule has 0 aliphatic carbocycles. The van der Waals surface area contributed by atoms with Gasteiger partial charge in [0, 0.05) is 33.3 Å². The summed E-state index contributed by atoms with van der Waals surface area (Å²) < 4.78 is 0. The van der Waals surface area contributed by atoms with Crippen molar-refractivity contribution in [1.82, 2.24) is 0 Å². The molecule has 10 heavy (non-hydrogen) atoms. The number of carboxylic acid groups (broad SMARTS) is 2. The number of rotatable bonds is 0. The molecule has 0 radical (unpaired) electrons. The Morgan fingerprint density at radius 2 is 1.10 bits per heavy atom. The normalized spacial score (nSPS) is 5.00. The maximum atomic E-state index is 9.00. The van der Waals surface area contributed by atoms with Crippen LogP contribution in [0, 0.1) is 0 Å². The largest absolute Gasteiger partial charge is 2.00 e. The van der Waals surface area contributed by atoms with Crippen LogP contribution in [-0.2, 0) is 29.1 Å². The molecule has 0 aliphatic heterocycles. The number of hydrogen-bond donors (Lipinski definition) is 2. The first-order chi connectivity index (χ1) is 3.46. The molecule has 0 amide bonds. The van der Waals surface area contributed by atoms with Crippen LogP contribution in [-0.4, -0.2) is 45.2 Å². The molecule has 0 fully saturated rings. The number of aliphatic carboxylic acids is 2. The predicted molar refractivity (Wildman–Crippen MR) is 34.6 cm³/mol. The van der Waals surface area contributed by atoms with Gasteiger partial charge in [0.25, 0.3) is 11.9 Å². The summed E-state index contributed by atoms with van der Waals surface area (Å²) in [6.45, 7) is 2.17. The topological polar surface area (TPSA) is 74.6 Å². The summed E-state index contributed by atoms with van der Waals surface area (Å²) in [5, 5.41) is 14.8. The summed E-state index contributed by atoms with van der Waals surface area (Å²) in [4.78, 5) is 18.0. The van der Waals surface area contributed by atoms with Gasteiger partial charge in [-0.25, -0.2) is 0 Å². The van der Waals surface area contributed by atoms with Crippen molar-refractivity contribution in [1.29, 1.82) is 0 Å². The van der Waals surface area contributed by atoms with E-state index in [1.807, 2.05) is 0 Å². The van der Waals surface area contributed by atoms with E-state index in [4.69, 9.17) is 19.8 Å². The predicted octanol–water partition coefficient (Wildman–Crippen LogP) is 0.0235. The third-order valence-corrected chi connectivity index (χ3v) is 0. The van der Waals surface area contributed by atoms with Crippen molar-refractivity contribution in [2.45, 2.75) is 13.8 Å². The van der Waals surface area contributed by atoms with Crippen LogP contribution in [0.4, 0.5) is 0 Å². The molecule has 0 atom stereocenters. The summed E-state index contributed by atoms with van der Waals surface area (Å²) in [6, 6.07) is 0. The van der Waals surface area contributed by atoms with Crippen LogP contribution in [0.3, 0.4) is 0 Å². The Hall–Kier alpha value is 0.330. The molecule has 0 unspecified atom stereocenters. The summed E-state index contributed by atoms with van der Waals surface area (Å²) in [5.74, 6) is -1.67. The van der Waals surface area contributed by atoms with Crippen LogP contribution in [0.2, 0.25) is 0 Å². The van der Waals surface area contributed by atoms with Gasteiger partial charge in [0.2, 0.25) is 0 Å². The number of hydrogen-bond acceptors (Lipinski definition) is 2. The van der Waals surface area contributed by atoms with Crippen molar-refractivity contribution < 1.29 is 42.1 Å². The van der Waals surface area contributed by atoms with Gasteiger partial charge in [-0.3, -0.25) is 9.59 Å². The van der Waals surface area contributed by atoms with Gasteiger partial charge in [-0.15, -0.1) is 0 Å². The molecule has 0 saturated carbocycles. The van der Waals surface area contributed by atoms with Gasteiger partial charge in [-0.2, -0.15) is 0 Å². The minimum absolute atomic E-state index is 0. The van der Waals surface area contributed by atoms with E-state index >= 15 is 0 Å². The molecule has 2 N–H and O–H groups in total. The fraction of sp³-hybridized carbons (Fsp3) is 0.500. The van der Waals surface area contributed by atoms with E-state index < -0.39 is 11.9 Å². The Morgan fingerprint density at radius 1 is 1.10 bits per heavy atom. The number of carboxylic acids is 2. The quantitative estimate of drug-likeness (QED) is 0.555. The zero-order valence-electron chi connectivity index (χ0n) is 8.13. The molecule has 0 saturated heterocycles. The first-order valence-corrected chi connectivity index (χ1v) is 1.86. The van der Waals surface area contributed by atoms with Crippen molar-refractivity contribution in [3.05, 3.63) is 0 Å². The van der Waals surface area contributed by atoms with E-state index in [1.165, 1.54) is 0 Å². The molecular weight excluding hydrogens is 202 g/mol. The van der Waals surface area contributed by atoms with Crippen LogP contribution in [0.1, 0.15) is 16.7 Å². The Kier molecular flexibility index (Phi) is 36.3. The Bertz CT molecular complexity index is 83.1. The van der Waals surface area contributed by atoms with E-state index in [1.54, 1.807) is 0 Å². The second-order valence-corrected chi connectivity index (χ2v) is 1.04. The van der Waals surface area contributed by atoms with E-state index in [0.717, 1.165) is 13.8 Å². The molecule has 0 rings (SSSR count). The maximum absolute atomic E-state index is 9.00. The molecule has 0 aromatic heterocycles. The first kappa shape index (κ1) is 22.4. The van der Waals surface area contributed by atoms with E-state index in [-0.39, 0.29) is 45.4 Å². The first-order valence-electron chi connectivity index (χ1n) is 1.86. The van der Waals surface area contributed by atoms with Crippen molar-refractivity contribution in [2.24, 2.45) is 0 Å². The zero-order chi connectivity index (χ0) is 7.15. The summed E-state index contributed by atoms with van der Waals surface area (Å²) in [7, 11) is 0. The summed E-state index contributed by atoms with van der Waals surface area (Å²) in [5.41, 5.74) is 0. The average Bonchev–Trinajstić information content (AvgIpc) is 1.25. The monoisotopic (exact) mass is 210 g/mol. The molecule has 54 valence electrons. The fourth-order valence-corrected chi connectivity index (χ4v) is 0. The van der Waals surface area contributed by atoms with Gasteiger partial charge in [-0.05, 0) is 0 Å². The molecule has 0 aromatic carbocycles. The van der Waals surface area contributed by atoms with Crippen LogP contribution < -0.4 is 0 Å². The van der Waals surface area contributed by atoms with Crippen molar-refractivity contribution >= 4 is 35.0 Å². The molecule has 0 spiro atoms. The Morgan fingerprint density at radius 3 is 1.10 bits per heavy atom. The third-order valence-electron chi connectivity index (χ3n) is 0. The second-order valence-electron chi connectivity index (χ2n) is 1.04. The van der Waals surface area contributed by atoms with Gasteiger partial charge < -0.3 is 13.1 Å². The van der Waals surface area contributed by atoms with Gasteiger partial charge in [0.1, 0.15) is 0 Å². The maximum Gasteiger partial charge on any atom is 2.00 e. The molecule has 6 heteroatoms. The second kappa shape index (κ2) is 16.2. The minimum atomic E-state index is -0.833. The van der Waals surface area contributed by atoms with E-state index in [0.29, 0.717) is 0 Å². The van der Waals surface area contributed by atoms with Gasteiger partial charge >= 0.3 is 23.1 Å². The average molecular weight is 212 g/mol. The van der Waals surface area contributed by atoms with Crippen LogP contribution in [0.25, 0.3) is 0 Å². The molecular formula is C4H10MgO4Zn. The van der Waals surface area contributed by atoms with Crippen LogP contribution >= 0.6 is 0 Å². The SMILES string of the molecule is CC(=O)O.CC(=O)O.[H-].[H-].[Mg+2].[Zn]. The van der Waals surface area contributed by atoms with Crippen molar-refractivity contribution in [3.63, 3.8) is 0 Å². The van der Waals surface area contributed by atoms with Crippen LogP contribution in [0.15, 0.2) is 0 Å². The van der Waals surface area contributed by atoms with E-state index in [2.05, 4.69) is 0 Å². The smallest absolute Gasteiger partial charge is 1.00 e. The van der Waals surface area contributed by atoms with E-state index in [9.17, 15) is 0 Å². The molecule has 0 heterocycles.